The molecule has 3 nitrogen and oxygen atoms in total. The SMILES string of the molecule is CCN1CCC(CN)(Nc2cc(C)c(Br)c(C)c2)CC1. The summed E-state index contributed by atoms with van der Waals surface area (Å²) in [6.07, 6.45) is 2.23. The van der Waals surface area contributed by atoms with Crippen LogP contribution >= 0.6 is 15.9 Å². The summed E-state index contributed by atoms with van der Waals surface area (Å²) in [5.74, 6) is 0. The van der Waals surface area contributed by atoms with E-state index >= 15 is 0 Å². The fraction of sp³-hybridized carbons (Fsp3) is 0.625. The molecule has 0 atom stereocenters. The van der Waals surface area contributed by atoms with Crippen molar-refractivity contribution in [2.24, 2.45) is 5.73 Å². The van der Waals surface area contributed by atoms with Crippen molar-refractivity contribution >= 4 is 21.6 Å². The Kier molecular flexibility index (Phi) is 5.10. The maximum absolute atomic E-state index is 6.09. The molecule has 2 rings (SSSR count). The van der Waals surface area contributed by atoms with Crippen molar-refractivity contribution in [3.8, 4) is 0 Å². The topological polar surface area (TPSA) is 41.3 Å². The third-order valence-electron chi connectivity index (χ3n) is 4.50. The fourth-order valence-corrected chi connectivity index (χ4v) is 3.23. The largest absolute Gasteiger partial charge is 0.378 e. The molecule has 1 heterocycles. The van der Waals surface area contributed by atoms with E-state index in [0.29, 0.717) is 6.54 Å². The molecule has 0 aromatic heterocycles. The van der Waals surface area contributed by atoms with E-state index in [1.807, 2.05) is 0 Å². The molecule has 1 aliphatic heterocycles. The number of nitrogens with zero attached hydrogens (tertiary/aromatic N) is 1. The standard InChI is InChI=1S/C16H26BrN3/c1-4-20-7-5-16(11-18,6-8-20)19-14-9-12(2)15(17)13(3)10-14/h9-10,19H,4-8,11,18H2,1-3H3. The number of benzene rings is 1. The quantitative estimate of drug-likeness (QED) is 0.884. The Morgan fingerprint density at radius 3 is 2.25 bits per heavy atom. The number of nitrogens with two attached hydrogens (primary N) is 1. The lowest BCUT2D eigenvalue weighted by Crippen LogP contribution is -2.53. The molecule has 3 N–H and O–H groups in total. The lowest BCUT2D eigenvalue weighted by atomic mass is 9.87. The van der Waals surface area contributed by atoms with Crippen LogP contribution in [0.1, 0.15) is 30.9 Å². The molecule has 112 valence electrons. The second-order valence-corrected chi connectivity index (χ2v) is 6.76. The third-order valence-corrected chi connectivity index (χ3v) is 5.75. The Balaban J connectivity index is 2.15. The minimum Gasteiger partial charge on any atom is -0.378 e. The summed E-state index contributed by atoms with van der Waals surface area (Å²) in [4.78, 5) is 2.49. The lowest BCUT2D eigenvalue weighted by molar-refractivity contribution is 0.184. The Morgan fingerprint density at radius 2 is 1.80 bits per heavy atom. The van der Waals surface area contributed by atoms with E-state index in [-0.39, 0.29) is 5.54 Å². The van der Waals surface area contributed by atoms with Gasteiger partial charge in [-0.15, -0.1) is 0 Å². The minimum atomic E-state index is 0.0539. The Morgan fingerprint density at radius 1 is 1.25 bits per heavy atom. The van der Waals surface area contributed by atoms with Crippen LogP contribution in [0.2, 0.25) is 0 Å². The van der Waals surface area contributed by atoms with Crippen LogP contribution in [-0.2, 0) is 0 Å². The molecule has 0 aliphatic carbocycles. The number of piperidine rings is 1. The van der Waals surface area contributed by atoms with Crippen LogP contribution < -0.4 is 11.1 Å². The average molecular weight is 340 g/mol. The van der Waals surface area contributed by atoms with Gasteiger partial charge in [-0.3, -0.25) is 0 Å². The fourth-order valence-electron chi connectivity index (χ4n) is 3.00. The summed E-state index contributed by atoms with van der Waals surface area (Å²) < 4.78 is 1.20. The Hall–Kier alpha value is -0.580. The van der Waals surface area contributed by atoms with Crippen LogP contribution in [0.25, 0.3) is 0 Å². The third kappa shape index (κ3) is 3.35. The summed E-state index contributed by atoms with van der Waals surface area (Å²) in [6, 6.07) is 4.42. The molecule has 1 aromatic carbocycles. The molecule has 0 unspecified atom stereocenters. The average Bonchev–Trinajstić information content (AvgIpc) is 2.45. The highest BCUT2D eigenvalue weighted by atomic mass is 79.9. The van der Waals surface area contributed by atoms with Crippen LogP contribution in [-0.4, -0.2) is 36.6 Å². The number of rotatable bonds is 4. The number of halogens is 1. The zero-order valence-electron chi connectivity index (χ0n) is 12.8. The summed E-state index contributed by atoms with van der Waals surface area (Å²) in [6.45, 7) is 10.6. The van der Waals surface area contributed by atoms with Crippen molar-refractivity contribution in [2.75, 3.05) is 31.5 Å². The maximum atomic E-state index is 6.09. The first-order valence-corrected chi connectivity index (χ1v) is 8.26. The number of nitrogens with one attached hydrogen (secondary N) is 1. The van der Waals surface area contributed by atoms with E-state index in [2.05, 4.69) is 59.1 Å². The van der Waals surface area contributed by atoms with Crippen molar-refractivity contribution in [1.29, 1.82) is 0 Å². The van der Waals surface area contributed by atoms with E-state index < -0.39 is 0 Å². The second kappa shape index (κ2) is 6.46. The van der Waals surface area contributed by atoms with Crippen molar-refractivity contribution in [2.45, 2.75) is 39.2 Å². The van der Waals surface area contributed by atoms with Crippen LogP contribution in [0, 0.1) is 13.8 Å². The molecular formula is C16H26BrN3. The summed E-state index contributed by atoms with van der Waals surface area (Å²) in [5.41, 5.74) is 9.87. The Labute approximate surface area is 131 Å². The van der Waals surface area contributed by atoms with Gasteiger partial charge in [0.25, 0.3) is 0 Å². The zero-order chi connectivity index (χ0) is 14.8. The molecule has 1 aliphatic rings. The van der Waals surface area contributed by atoms with Gasteiger partial charge in [0.05, 0.1) is 5.54 Å². The van der Waals surface area contributed by atoms with Gasteiger partial charge in [-0.2, -0.15) is 0 Å². The number of anilines is 1. The van der Waals surface area contributed by atoms with Gasteiger partial charge >= 0.3 is 0 Å². The first kappa shape index (κ1) is 15.8. The molecular weight excluding hydrogens is 314 g/mol. The van der Waals surface area contributed by atoms with E-state index in [9.17, 15) is 0 Å². The highest BCUT2D eigenvalue weighted by Gasteiger charge is 2.32. The van der Waals surface area contributed by atoms with E-state index in [0.717, 1.165) is 32.5 Å². The summed E-state index contributed by atoms with van der Waals surface area (Å²) >= 11 is 3.63. The molecule has 0 radical (unpaired) electrons. The molecule has 1 aromatic rings. The molecule has 0 bridgehead atoms. The van der Waals surface area contributed by atoms with Crippen LogP contribution in [0.15, 0.2) is 16.6 Å². The van der Waals surface area contributed by atoms with Crippen LogP contribution in [0.4, 0.5) is 5.69 Å². The summed E-state index contributed by atoms with van der Waals surface area (Å²) in [5, 5.41) is 3.73. The molecule has 1 fully saturated rings. The van der Waals surface area contributed by atoms with Crippen LogP contribution in [0.5, 0.6) is 0 Å². The first-order valence-electron chi connectivity index (χ1n) is 7.47. The molecule has 0 spiro atoms. The van der Waals surface area contributed by atoms with Crippen LogP contribution in [0.3, 0.4) is 0 Å². The monoisotopic (exact) mass is 339 g/mol. The van der Waals surface area contributed by atoms with E-state index in [1.54, 1.807) is 0 Å². The zero-order valence-corrected chi connectivity index (χ0v) is 14.4. The van der Waals surface area contributed by atoms with Gasteiger partial charge in [0.2, 0.25) is 0 Å². The highest BCUT2D eigenvalue weighted by Crippen LogP contribution is 2.30. The molecule has 20 heavy (non-hydrogen) atoms. The minimum absolute atomic E-state index is 0.0539. The normalized spacial score (nSPS) is 19.1. The number of likely N-dealkylation sites (tertiary alicyclic amines) is 1. The highest BCUT2D eigenvalue weighted by molar-refractivity contribution is 9.10. The molecule has 1 saturated heterocycles. The van der Waals surface area contributed by atoms with Gasteiger partial charge in [-0.05, 0) is 56.5 Å². The van der Waals surface area contributed by atoms with E-state index in [4.69, 9.17) is 5.73 Å². The molecule has 0 amide bonds. The predicted octanol–water partition coefficient (Wildman–Crippen LogP) is 3.29. The lowest BCUT2D eigenvalue weighted by Gasteiger charge is -2.42. The van der Waals surface area contributed by atoms with Gasteiger partial charge in [-0.1, -0.05) is 22.9 Å². The molecule has 0 saturated carbocycles. The van der Waals surface area contributed by atoms with Gasteiger partial charge in [-0.25, -0.2) is 0 Å². The van der Waals surface area contributed by atoms with Gasteiger partial charge < -0.3 is 16.0 Å². The number of aryl methyl sites for hydroxylation is 2. The van der Waals surface area contributed by atoms with Gasteiger partial charge in [0.15, 0.2) is 0 Å². The number of hydrogen-bond acceptors (Lipinski definition) is 3. The van der Waals surface area contributed by atoms with Crippen molar-refractivity contribution in [3.63, 3.8) is 0 Å². The van der Waals surface area contributed by atoms with Crippen molar-refractivity contribution < 1.29 is 0 Å². The van der Waals surface area contributed by atoms with Gasteiger partial charge in [0, 0.05) is 29.8 Å². The first-order chi connectivity index (χ1) is 9.49. The van der Waals surface area contributed by atoms with Gasteiger partial charge in [0.1, 0.15) is 0 Å². The summed E-state index contributed by atoms with van der Waals surface area (Å²) in [7, 11) is 0. The second-order valence-electron chi connectivity index (χ2n) is 5.97. The van der Waals surface area contributed by atoms with Crippen molar-refractivity contribution in [1.82, 2.24) is 4.90 Å². The predicted molar refractivity (Wildman–Crippen MR) is 90.4 cm³/mol. The van der Waals surface area contributed by atoms with E-state index in [1.165, 1.54) is 21.3 Å². The van der Waals surface area contributed by atoms with Crippen molar-refractivity contribution in [3.05, 3.63) is 27.7 Å². The molecule has 4 heteroatoms. The maximum Gasteiger partial charge on any atom is 0.0520 e. The Bertz CT molecular complexity index is 442. The smallest absolute Gasteiger partial charge is 0.0520 e. The number of hydrogen-bond donors (Lipinski definition) is 2.